The molecule has 1 aliphatic heterocycles. The lowest BCUT2D eigenvalue weighted by atomic mass is 10.1. The van der Waals surface area contributed by atoms with Crippen molar-refractivity contribution in [3.05, 3.63) is 55.9 Å². The fraction of sp³-hybridized carbons (Fsp3) is 0.333. The Morgan fingerprint density at radius 1 is 1.35 bits per heavy atom. The van der Waals surface area contributed by atoms with Crippen molar-refractivity contribution in [1.82, 2.24) is 4.90 Å². The minimum atomic E-state index is -0.836. The summed E-state index contributed by atoms with van der Waals surface area (Å²) in [5.74, 6) is -0.836. The van der Waals surface area contributed by atoms with Gasteiger partial charge in [-0.25, -0.2) is 4.79 Å². The van der Waals surface area contributed by atoms with E-state index < -0.39 is 5.97 Å². The number of nitrogens with zero attached hydrogens (tertiary/aromatic N) is 2. The Morgan fingerprint density at radius 2 is 2.19 bits per heavy atom. The van der Waals surface area contributed by atoms with Crippen molar-refractivity contribution in [3.63, 3.8) is 0 Å². The number of thiophene rings is 2. The first-order chi connectivity index (χ1) is 12.1. The van der Waals surface area contributed by atoms with Gasteiger partial charge in [0, 0.05) is 25.2 Å². The minimum absolute atomic E-state index is 0. The average Bonchev–Trinajstić information content (AvgIpc) is 3.27. The van der Waals surface area contributed by atoms with Crippen molar-refractivity contribution in [2.24, 2.45) is 5.16 Å². The van der Waals surface area contributed by atoms with Gasteiger partial charge in [0.1, 0.15) is 12.3 Å². The summed E-state index contributed by atoms with van der Waals surface area (Å²) in [6, 6.07) is 6.13. The Kier molecular flexibility index (Phi) is 7.84. The molecule has 0 spiro atoms. The maximum atomic E-state index is 11.1. The van der Waals surface area contributed by atoms with Gasteiger partial charge >= 0.3 is 5.97 Å². The van der Waals surface area contributed by atoms with Crippen molar-refractivity contribution in [3.8, 4) is 0 Å². The van der Waals surface area contributed by atoms with Gasteiger partial charge in [-0.15, -0.1) is 35.1 Å². The molecule has 0 bridgehead atoms. The SMILES string of the molecule is Cc1ccsc1C(=NOCCN1CCC=C(C(=O)O)C1)c1cccs1.Cl. The third-order valence-corrected chi connectivity index (χ3v) is 5.89. The molecule has 0 saturated heterocycles. The van der Waals surface area contributed by atoms with Gasteiger partial charge in [-0.1, -0.05) is 17.3 Å². The lowest BCUT2D eigenvalue weighted by Gasteiger charge is -2.24. The van der Waals surface area contributed by atoms with E-state index in [1.165, 1.54) is 5.56 Å². The monoisotopic (exact) mass is 412 g/mol. The first-order valence-corrected chi connectivity index (χ1v) is 9.84. The summed E-state index contributed by atoms with van der Waals surface area (Å²) in [5.41, 5.74) is 2.52. The number of carbonyl (C=O) groups is 1. The van der Waals surface area contributed by atoms with Gasteiger partial charge in [0.05, 0.1) is 9.75 Å². The topological polar surface area (TPSA) is 62.1 Å². The van der Waals surface area contributed by atoms with E-state index >= 15 is 0 Å². The van der Waals surface area contributed by atoms with Crippen molar-refractivity contribution in [1.29, 1.82) is 0 Å². The summed E-state index contributed by atoms with van der Waals surface area (Å²) in [5, 5.41) is 17.6. The summed E-state index contributed by atoms with van der Waals surface area (Å²) in [6.45, 7) is 4.49. The maximum Gasteiger partial charge on any atom is 0.332 e. The van der Waals surface area contributed by atoms with Crippen LogP contribution in [-0.4, -0.2) is 47.9 Å². The van der Waals surface area contributed by atoms with Crippen LogP contribution in [0.3, 0.4) is 0 Å². The van der Waals surface area contributed by atoms with Crippen LogP contribution in [0.2, 0.25) is 0 Å². The summed E-state index contributed by atoms with van der Waals surface area (Å²) < 4.78 is 0. The molecule has 0 saturated carbocycles. The zero-order valence-electron chi connectivity index (χ0n) is 14.4. The molecule has 0 fully saturated rings. The maximum absolute atomic E-state index is 11.1. The molecule has 0 amide bonds. The van der Waals surface area contributed by atoms with Gasteiger partial charge < -0.3 is 9.94 Å². The molecule has 26 heavy (non-hydrogen) atoms. The fourth-order valence-corrected chi connectivity index (χ4v) is 4.36. The van der Waals surface area contributed by atoms with E-state index in [9.17, 15) is 4.79 Å². The molecule has 8 heteroatoms. The first kappa shape index (κ1) is 20.6. The molecule has 5 nitrogen and oxygen atoms in total. The van der Waals surface area contributed by atoms with Crippen LogP contribution >= 0.6 is 35.1 Å². The second-order valence-electron chi connectivity index (χ2n) is 5.78. The fourth-order valence-electron chi connectivity index (χ4n) is 2.66. The Balaban J connectivity index is 0.00000243. The van der Waals surface area contributed by atoms with Crippen LogP contribution in [0.5, 0.6) is 0 Å². The molecule has 1 aliphatic rings. The number of carboxylic acids is 1. The molecule has 0 atom stereocenters. The standard InChI is InChI=1S/C18H20N2O3S2.ClH/c1-13-6-11-25-17(13)16(15-5-3-10-24-15)19-23-9-8-20-7-2-4-14(12-20)18(21)22;/h3-6,10-11H,2,7-9,12H2,1H3,(H,21,22);1H. The van der Waals surface area contributed by atoms with E-state index in [0.29, 0.717) is 25.3 Å². The molecule has 2 aromatic heterocycles. The van der Waals surface area contributed by atoms with Crippen molar-refractivity contribution >= 4 is 46.8 Å². The predicted octanol–water partition coefficient (Wildman–Crippen LogP) is 4.03. The number of hydrogen-bond acceptors (Lipinski definition) is 6. The van der Waals surface area contributed by atoms with Crippen molar-refractivity contribution in [2.75, 3.05) is 26.2 Å². The van der Waals surface area contributed by atoms with Crippen LogP contribution < -0.4 is 0 Å². The Labute approximate surface area is 167 Å². The molecule has 0 radical (unpaired) electrons. The van der Waals surface area contributed by atoms with E-state index in [4.69, 9.17) is 9.94 Å². The zero-order chi connectivity index (χ0) is 17.6. The van der Waals surface area contributed by atoms with Crippen LogP contribution in [0.4, 0.5) is 0 Å². The number of oxime groups is 1. The Bertz CT molecular complexity index is 784. The lowest BCUT2D eigenvalue weighted by molar-refractivity contribution is -0.133. The highest BCUT2D eigenvalue weighted by atomic mass is 35.5. The highest BCUT2D eigenvalue weighted by molar-refractivity contribution is 7.16. The van der Waals surface area contributed by atoms with Crippen LogP contribution in [-0.2, 0) is 9.63 Å². The molecule has 0 aromatic carbocycles. The van der Waals surface area contributed by atoms with Gasteiger partial charge in [0.2, 0.25) is 0 Å². The lowest BCUT2D eigenvalue weighted by Crippen LogP contribution is -2.34. The quantitative estimate of drug-likeness (QED) is 0.423. The van der Waals surface area contributed by atoms with Gasteiger partial charge in [-0.2, -0.15) is 0 Å². The number of aryl methyl sites for hydroxylation is 1. The molecule has 3 heterocycles. The van der Waals surface area contributed by atoms with Crippen molar-refractivity contribution in [2.45, 2.75) is 13.3 Å². The zero-order valence-corrected chi connectivity index (χ0v) is 16.8. The van der Waals surface area contributed by atoms with Crippen LogP contribution in [0, 0.1) is 6.92 Å². The summed E-state index contributed by atoms with van der Waals surface area (Å²) >= 11 is 3.30. The van der Waals surface area contributed by atoms with Gasteiger partial charge in [0.15, 0.2) is 0 Å². The van der Waals surface area contributed by atoms with Gasteiger partial charge in [0.25, 0.3) is 0 Å². The molecule has 2 aromatic rings. The number of hydrogen-bond donors (Lipinski definition) is 1. The second-order valence-corrected chi connectivity index (χ2v) is 7.65. The molecule has 140 valence electrons. The Morgan fingerprint density at radius 3 is 2.85 bits per heavy atom. The molecule has 1 N–H and O–H groups in total. The normalized spacial score (nSPS) is 15.3. The highest BCUT2D eigenvalue weighted by Crippen LogP contribution is 2.23. The van der Waals surface area contributed by atoms with E-state index in [1.807, 2.05) is 17.5 Å². The summed E-state index contributed by atoms with van der Waals surface area (Å²) in [7, 11) is 0. The number of aliphatic carboxylic acids is 1. The van der Waals surface area contributed by atoms with Gasteiger partial charge in [-0.3, -0.25) is 4.90 Å². The largest absolute Gasteiger partial charge is 0.478 e. The third kappa shape index (κ3) is 5.17. The van der Waals surface area contributed by atoms with Crippen molar-refractivity contribution < 1.29 is 14.7 Å². The Hall–Kier alpha value is -1.67. The van der Waals surface area contributed by atoms with Crippen LogP contribution in [0.1, 0.15) is 21.7 Å². The second kappa shape index (κ2) is 9.87. The third-order valence-electron chi connectivity index (χ3n) is 3.99. The number of halogens is 1. The highest BCUT2D eigenvalue weighted by Gasteiger charge is 2.17. The van der Waals surface area contributed by atoms with E-state index in [1.54, 1.807) is 28.7 Å². The molecule has 3 rings (SSSR count). The molecule has 0 aliphatic carbocycles. The van der Waals surface area contributed by atoms with Crippen LogP contribution in [0.25, 0.3) is 0 Å². The number of rotatable bonds is 7. The predicted molar refractivity (Wildman–Crippen MR) is 109 cm³/mol. The number of carboxylic acid groups (broad SMARTS) is 1. The minimum Gasteiger partial charge on any atom is -0.478 e. The summed E-state index contributed by atoms with van der Waals surface area (Å²) in [6.07, 6.45) is 2.56. The van der Waals surface area contributed by atoms with Gasteiger partial charge in [-0.05, 0) is 41.8 Å². The molecule has 0 unspecified atom stereocenters. The first-order valence-electron chi connectivity index (χ1n) is 8.08. The molecular weight excluding hydrogens is 392 g/mol. The van der Waals surface area contributed by atoms with E-state index in [0.717, 1.165) is 28.4 Å². The van der Waals surface area contributed by atoms with E-state index in [2.05, 4.69) is 28.4 Å². The summed E-state index contributed by atoms with van der Waals surface area (Å²) in [4.78, 5) is 20.9. The smallest absolute Gasteiger partial charge is 0.332 e. The van der Waals surface area contributed by atoms with E-state index in [-0.39, 0.29) is 12.4 Å². The molecular formula is C18H21ClN2O3S2. The average molecular weight is 413 g/mol. The van der Waals surface area contributed by atoms with Crippen LogP contribution in [0.15, 0.2) is 45.8 Å².